The molecule has 0 saturated carbocycles. The Morgan fingerprint density at radius 2 is 1.09 bits per heavy atom. The van der Waals surface area contributed by atoms with Gasteiger partial charge in [-0.1, -0.05) is 32.0 Å². The average Bonchev–Trinajstić information content (AvgIpc) is 1.71. The fraction of sp³-hybridized carbons (Fsp3) is 0.631. The first-order valence-corrected chi connectivity index (χ1v) is 34.5. The van der Waals surface area contributed by atoms with Gasteiger partial charge in [-0.25, -0.2) is 4.79 Å². The fourth-order valence-electron chi connectivity index (χ4n) is 12.6. The number of nitrogens with two attached hydrogens (primary N) is 2. The Hall–Kier alpha value is -10.1. The quantitative estimate of drug-likeness (QED) is 0.0170. The molecule has 0 unspecified atom stereocenters. The lowest BCUT2D eigenvalue weighted by Crippen LogP contribution is -2.59. The third-order valence-corrected chi connectivity index (χ3v) is 18.0. The third-order valence-electron chi connectivity index (χ3n) is 18.0. The molecule has 0 aliphatic carbocycles. The topological polar surface area (TPSA) is 571 Å². The highest BCUT2D eigenvalue weighted by Crippen LogP contribution is 2.25. The molecule has 1 aromatic heterocycles. The van der Waals surface area contributed by atoms with Crippen molar-refractivity contribution in [1.29, 1.82) is 0 Å². The number of carboxylic acids is 1. The number of carboxylic acid groups (broad SMARTS) is 1. The highest BCUT2D eigenvalue weighted by molar-refractivity contribution is 6.00. The summed E-state index contributed by atoms with van der Waals surface area (Å²) in [6.45, 7) is 4.52. The highest BCUT2D eigenvalue weighted by atomic mass is 16.4. The van der Waals surface area contributed by atoms with E-state index in [0.717, 1.165) is 13.3 Å². The number of aromatic amines is 1. The third kappa shape index (κ3) is 23.7. The second kappa shape index (κ2) is 39.4. The number of carbonyl (C=O) groups excluding carboxylic acids is 14. The van der Waals surface area contributed by atoms with Crippen molar-refractivity contribution in [3.8, 4) is 0 Å². The summed E-state index contributed by atoms with van der Waals surface area (Å²) in [6.07, 6.45) is 3.67. The van der Waals surface area contributed by atoms with Crippen molar-refractivity contribution in [3.05, 3.63) is 36.0 Å². The number of hydrogen-bond donors (Lipinski definition) is 19. The summed E-state index contributed by atoms with van der Waals surface area (Å²) >= 11 is 0. The van der Waals surface area contributed by atoms with Crippen LogP contribution in [-0.4, -0.2) is 279 Å². The lowest BCUT2D eigenvalue weighted by Gasteiger charge is -2.30. The van der Waals surface area contributed by atoms with Gasteiger partial charge in [0.1, 0.15) is 66.5 Å². The van der Waals surface area contributed by atoms with Gasteiger partial charge in [0.2, 0.25) is 82.7 Å². The van der Waals surface area contributed by atoms with Crippen LogP contribution in [0.15, 0.2) is 35.5 Å². The molecule has 4 aliphatic heterocycles. The van der Waals surface area contributed by atoms with Crippen LogP contribution in [0.25, 0.3) is 10.9 Å². The van der Waals surface area contributed by atoms with Crippen molar-refractivity contribution in [2.75, 3.05) is 65.6 Å². The molecular weight excluding hydrogens is 1350 g/mol. The van der Waals surface area contributed by atoms with Gasteiger partial charge in [0.25, 0.3) is 0 Å². The van der Waals surface area contributed by atoms with Crippen LogP contribution in [0.1, 0.15) is 111 Å². The van der Waals surface area contributed by atoms with Gasteiger partial charge < -0.3 is 115 Å². The van der Waals surface area contributed by atoms with Gasteiger partial charge >= 0.3 is 5.97 Å². The standard InChI is InChI=1S/C65H99N19O19/c1-33(2)25-42(78-59(97)48-19-12-22-82(48)61(99)35(4)74-49(88)28-72-57(95)46-17-10-23-83(46)62(100)41(16-9-21-69-65(66)67)77-54(92)40-15-8-20-68-40)55(93)75-34(3)53(91)71-29-50(89)76-44(31-85)56(94)79-43(26-37-27-70-39-14-7-6-13-38(37)39)63(101)84-24-11-18-47(84)58(96)73-30-51(90)81-52(36(5)87)60(98)80-45(32-86)64(102)103/h6-7,13-14,27,33-36,40-48,52,68,70,85-87H,8-12,15-26,28-32H2,1-5H3,(H,71,91)(H,72,95)(H,73,96)(H,74,88)(H,75,93)(H,76,89)(H,77,92)(H,78,97)(H,79,94)(H,80,98)(H,81,90)(H,102,103)(H4,66,67,69)/t34-,35-,36+,40-,41-,42-,43-,44-,45-,46-,47-,48-,52-/m0/s1. The molecule has 4 aliphatic rings. The number of benzene rings is 1. The van der Waals surface area contributed by atoms with E-state index in [4.69, 9.17) is 11.5 Å². The number of amides is 14. The van der Waals surface area contributed by atoms with E-state index in [1.807, 2.05) is 5.32 Å². The number of aromatic nitrogens is 1. The predicted molar refractivity (Wildman–Crippen MR) is 366 cm³/mol. The summed E-state index contributed by atoms with van der Waals surface area (Å²) in [6, 6.07) is -7.96. The normalized spacial score (nSPS) is 19.7. The van der Waals surface area contributed by atoms with E-state index >= 15 is 0 Å². The average molecular weight is 1450 g/mol. The van der Waals surface area contributed by atoms with E-state index in [1.54, 1.807) is 44.3 Å². The largest absolute Gasteiger partial charge is 0.480 e. The molecule has 568 valence electrons. The number of likely N-dealkylation sites (tertiary alicyclic amines) is 3. The summed E-state index contributed by atoms with van der Waals surface area (Å²) < 4.78 is 0. The maximum atomic E-state index is 14.6. The molecule has 103 heavy (non-hydrogen) atoms. The molecule has 0 radical (unpaired) electrons. The molecule has 5 heterocycles. The van der Waals surface area contributed by atoms with Gasteiger partial charge in [0.15, 0.2) is 5.96 Å². The number of aliphatic carboxylic acids is 1. The lowest BCUT2D eigenvalue weighted by atomic mass is 10.0. The molecule has 6 rings (SSSR count). The number of H-pyrrole nitrogens is 1. The van der Waals surface area contributed by atoms with Crippen molar-refractivity contribution < 1.29 is 92.3 Å². The summed E-state index contributed by atoms with van der Waals surface area (Å²) in [7, 11) is 0. The van der Waals surface area contributed by atoms with Gasteiger partial charge in [0.05, 0.1) is 45.0 Å². The van der Waals surface area contributed by atoms with Crippen molar-refractivity contribution in [3.63, 3.8) is 0 Å². The minimum atomic E-state index is -1.75. The van der Waals surface area contributed by atoms with Crippen molar-refractivity contribution in [2.45, 2.75) is 190 Å². The molecule has 38 heteroatoms. The second-order valence-electron chi connectivity index (χ2n) is 26.4. The molecule has 0 spiro atoms. The fourth-order valence-corrected chi connectivity index (χ4v) is 12.6. The van der Waals surface area contributed by atoms with E-state index < -0.39 is 194 Å². The Morgan fingerprint density at radius 3 is 1.65 bits per heavy atom. The Kier molecular flexibility index (Phi) is 31.3. The van der Waals surface area contributed by atoms with E-state index in [0.29, 0.717) is 55.1 Å². The molecule has 38 nitrogen and oxygen atoms in total. The van der Waals surface area contributed by atoms with Gasteiger partial charge in [-0.2, -0.15) is 0 Å². The summed E-state index contributed by atoms with van der Waals surface area (Å²) in [4.78, 5) is 212. The first-order valence-electron chi connectivity index (χ1n) is 34.5. The van der Waals surface area contributed by atoms with Crippen LogP contribution in [0.4, 0.5) is 0 Å². The summed E-state index contributed by atoms with van der Waals surface area (Å²) in [5.74, 6) is -12.8. The van der Waals surface area contributed by atoms with Crippen LogP contribution in [0.2, 0.25) is 0 Å². The number of aliphatic hydroxyl groups is 3. The lowest BCUT2D eigenvalue weighted by molar-refractivity contribution is -0.144. The first kappa shape index (κ1) is 81.9. The number of rotatable bonds is 37. The monoisotopic (exact) mass is 1450 g/mol. The predicted octanol–water partition coefficient (Wildman–Crippen LogP) is -7.75. The molecular formula is C65H99N19O19. The van der Waals surface area contributed by atoms with Gasteiger partial charge in [-0.05, 0) is 115 Å². The SMILES string of the molecule is CC(C)C[C@H](NC(=O)[C@@H]1CCCN1C(=O)[C@H](C)NC(=O)CNC(=O)[C@@H]1CCCN1C(=O)[C@H](CCCN=C(N)N)NC(=O)[C@@H]1CCCN1)C(=O)N[C@@H](C)C(=O)NCC(=O)N[C@@H](CO)C(=O)N[C@@H](Cc1c[nH]c2ccccc12)C(=O)N1CCC[C@H]1C(=O)NCC(=O)N[C@H](C(=O)N[C@@H](CO)C(=O)O)[C@@H](C)O. The first-order chi connectivity index (χ1) is 48.9. The molecule has 4 saturated heterocycles. The summed E-state index contributed by atoms with van der Waals surface area (Å²) in [5.41, 5.74) is 12.2. The van der Waals surface area contributed by atoms with Crippen LogP contribution >= 0.6 is 0 Å². The van der Waals surface area contributed by atoms with E-state index in [9.17, 15) is 92.3 Å². The second-order valence-corrected chi connectivity index (χ2v) is 26.4. The van der Waals surface area contributed by atoms with Crippen LogP contribution in [0.5, 0.6) is 0 Å². The molecule has 1 aromatic carbocycles. The maximum Gasteiger partial charge on any atom is 0.328 e. The number of nitrogens with one attached hydrogen (secondary N) is 13. The van der Waals surface area contributed by atoms with Crippen LogP contribution in [0, 0.1) is 5.92 Å². The maximum absolute atomic E-state index is 14.6. The molecule has 4 fully saturated rings. The number of fused-ring (bicyclic) bond motifs is 1. The number of hydrogen-bond acceptors (Lipinski definition) is 20. The zero-order chi connectivity index (χ0) is 75.8. The number of aliphatic hydroxyl groups excluding tert-OH is 3. The minimum Gasteiger partial charge on any atom is -0.480 e. The van der Waals surface area contributed by atoms with E-state index in [1.165, 1.54) is 28.5 Å². The number of para-hydroxylation sites is 1. The van der Waals surface area contributed by atoms with E-state index in [2.05, 4.69) is 68.5 Å². The number of guanidine groups is 1. The smallest absolute Gasteiger partial charge is 0.328 e. The molecule has 14 amide bonds. The minimum absolute atomic E-state index is 0.0140. The van der Waals surface area contributed by atoms with Gasteiger partial charge in [0, 0.05) is 49.7 Å². The number of nitrogens with zero attached hydrogens (tertiary/aromatic N) is 4. The van der Waals surface area contributed by atoms with Crippen molar-refractivity contribution >= 4 is 106 Å². The highest BCUT2D eigenvalue weighted by Gasteiger charge is 2.43. The Balaban J connectivity index is 0.987. The summed E-state index contributed by atoms with van der Waals surface area (Å²) in [5, 5.41) is 69.8. The van der Waals surface area contributed by atoms with Gasteiger partial charge in [-0.15, -0.1) is 0 Å². The Labute approximate surface area is 593 Å². The molecule has 2 aromatic rings. The number of aliphatic imine (C=N–C) groups is 1. The molecule has 21 N–H and O–H groups in total. The Bertz CT molecular complexity index is 3430. The van der Waals surface area contributed by atoms with Crippen molar-refractivity contribution in [2.24, 2.45) is 22.4 Å². The van der Waals surface area contributed by atoms with E-state index in [-0.39, 0.29) is 82.5 Å². The van der Waals surface area contributed by atoms with Crippen LogP contribution < -0.4 is 75.3 Å². The molecule has 13 atom stereocenters. The molecule has 0 bridgehead atoms. The number of carbonyl (C=O) groups is 15. The van der Waals surface area contributed by atoms with Gasteiger partial charge in [-0.3, -0.25) is 72.1 Å². The van der Waals surface area contributed by atoms with Crippen molar-refractivity contribution in [1.82, 2.24) is 83.5 Å². The van der Waals surface area contributed by atoms with Crippen LogP contribution in [-0.2, 0) is 78.3 Å². The zero-order valence-corrected chi connectivity index (χ0v) is 58.4. The zero-order valence-electron chi connectivity index (χ0n) is 58.4. The Morgan fingerprint density at radius 1 is 0.553 bits per heavy atom. The van der Waals surface area contributed by atoms with Crippen LogP contribution in [0.3, 0.4) is 0 Å².